The average molecular weight is 318 g/mol. The molecule has 0 N–H and O–H groups in total. The highest BCUT2D eigenvalue weighted by Crippen LogP contribution is 2.24. The Balaban J connectivity index is 0.000000231. The summed E-state index contributed by atoms with van der Waals surface area (Å²) in [6, 6.07) is 1.35. The predicted octanol–water partition coefficient (Wildman–Crippen LogP) is 6.43. The molecule has 2 aromatic carbocycles. The van der Waals surface area contributed by atoms with Crippen LogP contribution in [-0.2, 0) is 0 Å². The van der Waals surface area contributed by atoms with E-state index in [9.17, 15) is 8.78 Å². The maximum absolute atomic E-state index is 13.0. The van der Waals surface area contributed by atoms with E-state index in [2.05, 4.69) is 41.5 Å². The van der Waals surface area contributed by atoms with Crippen molar-refractivity contribution in [3.63, 3.8) is 0 Å². The van der Waals surface area contributed by atoms with Crippen molar-refractivity contribution in [2.45, 2.75) is 62.3 Å². The molecule has 0 aliphatic heterocycles. The summed E-state index contributed by atoms with van der Waals surface area (Å²) in [5, 5.41) is 0. The first-order chi connectivity index (χ1) is 10.5. The van der Waals surface area contributed by atoms with Gasteiger partial charge in [0.15, 0.2) is 0 Å². The molecule has 0 saturated heterocycles. The number of aryl methyl sites for hydroxylation is 1. The predicted molar refractivity (Wildman–Crippen MR) is 95.4 cm³/mol. The molecule has 0 unspecified atom stereocenters. The highest BCUT2D eigenvalue weighted by atomic mass is 19.1. The van der Waals surface area contributed by atoms with Crippen LogP contribution in [0.3, 0.4) is 0 Å². The molecule has 0 fully saturated rings. The number of halogens is 2. The van der Waals surface area contributed by atoms with Gasteiger partial charge in [-0.25, -0.2) is 8.78 Å². The van der Waals surface area contributed by atoms with Crippen LogP contribution in [0.2, 0.25) is 0 Å². The van der Waals surface area contributed by atoms with E-state index in [4.69, 9.17) is 0 Å². The summed E-state index contributed by atoms with van der Waals surface area (Å²) in [4.78, 5) is 0. The summed E-state index contributed by atoms with van der Waals surface area (Å²) in [7, 11) is 0. The largest absolute Gasteiger partial charge is 0.207 e. The fourth-order valence-corrected chi connectivity index (χ4v) is 2.65. The number of rotatable bonds is 0. The monoisotopic (exact) mass is 318 g/mol. The van der Waals surface area contributed by atoms with E-state index in [0.717, 1.165) is 0 Å². The van der Waals surface area contributed by atoms with Gasteiger partial charge in [-0.1, -0.05) is 0 Å². The van der Waals surface area contributed by atoms with E-state index in [1.165, 1.54) is 46.4 Å². The molecule has 23 heavy (non-hydrogen) atoms. The SMILES string of the molecule is Cc1c(C)c(C)c(C)c(C)c1C.Cc1cc(F)c(C)c(F)c1C. The van der Waals surface area contributed by atoms with Crippen molar-refractivity contribution in [3.8, 4) is 0 Å². The fourth-order valence-electron chi connectivity index (χ4n) is 2.65. The second-order valence-electron chi connectivity index (χ2n) is 6.49. The molecule has 0 heterocycles. The molecule has 2 aromatic rings. The van der Waals surface area contributed by atoms with Gasteiger partial charge in [-0.05, 0) is 113 Å². The van der Waals surface area contributed by atoms with Gasteiger partial charge in [-0.3, -0.25) is 0 Å². The molecule has 126 valence electrons. The summed E-state index contributed by atoms with van der Waals surface area (Å²) in [6.45, 7) is 18.1. The highest BCUT2D eigenvalue weighted by molar-refractivity contribution is 5.48. The van der Waals surface area contributed by atoms with Crippen LogP contribution in [-0.4, -0.2) is 0 Å². The molecule has 0 aliphatic carbocycles. The van der Waals surface area contributed by atoms with Gasteiger partial charge in [-0.2, -0.15) is 0 Å². The Bertz CT molecular complexity index is 609. The minimum absolute atomic E-state index is 0.105. The second kappa shape index (κ2) is 7.25. The van der Waals surface area contributed by atoms with Crippen LogP contribution in [0.1, 0.15) is 50.1 Å². The molecule has 0 saturated carbocycles. The Labute approximate surface area is 139 Å². The minimum Gasteiger partial charge on any atom is -0.207 e. The van der Waals surface area contributed by atoms with Gasteiger partial charge in [0.25, 0.3) is 0 Å². The molecule has 0 spiro atoms. The molecule has 0 amide bonds. The molecular weight excluding hydrogens is 290 g/mol. The van der Waals surface area contributed by atoms with E-state index in [-0.39, 0.29) is 5.56 Å². The summed E-state index contributed by atoms with van der Waals surface area (Å²) in [5.74, 6) is -0.895. The van der Waals surface area contributed by atoms with Crippen LogP contribution in [0, 0.1) is 73.9 Å². The molecular formula is C21H28F2. The molecule has 2 rings (SSSR count). The third-order valence-electron chi connectivity index (χ3n) is 5.33. The Hall–Kier alpha value is -1.70. The maximum atomic E-state index is 13.0. The summed E-state index contributed by atoms with van der Waals surface area (Å²) in [6.07, 6.45) is 0. The van der Waals surface area contributed by atoms with Crippen LogP contribution < -0.4 is 0 Å². The van der Waals surface area contributed by atoms with Gasteiger partial charge in [0.1, 0.15) is 11.6 Å². The van der Waals surface area contributed by atoms with Crippen LogP contribution in [0.4, 0.5) is 8.78 Å². The van der Waals surface area contributed by atoms with Crippen molar-refractivity contribution in [2.75, 3.05) is 0 Å². The number of benzene rings is 2. The van der Waals surface area contributed by atoms with Crippen LogP contribution in [0.5, 0.6) is 0 Å². The molecule has 0 aromatic heterocycles. The van der Waals surface area contributed by atoms with Crippen LogP contribution in [0.15, 0.2) is 6.07 Å². The van der Waals surface area contributed by atoms with Gasteiger partial charge in [0.05, 0.1) is 0 Å². The van der Waals surface area contributed by atoms with E-state index < -0.39 is 11.6 Å². The Morgan fingerprint density at radius 2 is 0.783 bits per heavy atom. The Morgan fingerprint density at radius 3 is 1.09 bits per heavy atom. The minimum atomic E-state index is -0.467. The lowest BCUT2D eigenvalue weighted by Gasteiger charge is -2.15. The summed E-state index contributed by atoms with van der Waals surface area (Å²) < 4.78 is 25.8. The summed E-state index contributed by atoms with van der Waals surface area (Å²) in [5.41, 5.74) is 10.0. The van der Waals surface area contributed by atoms with Crippen molar-refractivity contribution in [3.05, 3.63) is 67.8 Å². The number of hydrogen-bond donors (Lipinski definition) is 0. The van der Waals surface area contributed by atoms with Gasteiger partial charge < -0.3 is 0 Å². The van der Waals surface area contributed by atoms with E-state index in [1.54, 1.807) is 13.8 Å². The normalized spacial score (nSPS) is 10.4. The zero-order chi connectivity index (χ0) is 18.1. The third-order valence-corrected chi connectivity index (χ3v) is 5.33. The zero-order valence-electron chi connectivity index (χ0n) is 15.8. The van der Waals surface area contributed by atoms with Crippen LogP contribution >= 0.6 is 0 Å². The van der Waals surface area contributed by atoms with Crippen LogP contribution in [0.25, 0.3) is 0 Å². The van der Waals surface area contributed by atoms with E-state index in [1.807, 2.05) is 0 Å². The lowest BCUT2D eigenvalue weighted by molar-refractivity contribution is 0.560. The first-order valence-corrected chi connectivity index (χ1v) is 7.96. The van der Waals surface area contributed by atoms with Gasteiger partial charge in [0.2, 0.25) is 0 Å². The number of hydrogen-bond acceptors (Lipinski definition) is 0. The summed E-state index contributed by atoms with van der Waals surface area (Å²) >= 11 is 0. The fraction of sp³-hybridized carbons (Fsp3) is 0.429. The molecule has 0 aliphatic rings. The molecule has 2 heteroatoms. The van der Waals surface area contributed by atoms with Crippen molar-refractivity contribution in [1.82, 2.24) is 0 Å². The molecule has 0 bridgehead atoms. The smallest absolute Gasteiger partial charge is 0.132 e. The standard InChI is InChI=1S/C12H18.C9H10F2/c1-7-8(2)10(4)12(6)11(5)9(7)3;1-5-4-8(10)7(3)9(11)6(5)2/h1-6H3;4H,1-3H3. The van der Waals surface area contributed by atoms with Crippen molar-refractivity contribution < 1.29 is 8.78 Å². The lowest BCUT2D eigenvalue weighted by atomic mass is 9.90. The third kappa shape index (κ3) is 3.80. The molecule has 0 nitrogen and oxygen atoms in total. The topological polar surface area (TPSA) is 0 Å². The molecule has 0 atom stereocenters. The zero-order valence-corrected chi connectivity index (χ0v) is 15.8. The van der Waals surface area contributed by atoms with E-state index in [0.29, 0.717) is 11.1 Å². The quantitative estimate of drug-likeness (QED) is 0.525. The van der Waals surface area contributed by atoms with Crippen molar-refractivity contribution in [1.29, 1.82) is 0 Å². The average Bonchev–Trinajstić information content (AvgIpc) is 2.53. The Kier molecular flexibility index (Phi) is 6.10. The van der Waals surface area contributed by atoms with Gasteiger partial charge >= 0.3 is 0 Å². The second-order valence-corrected chi connectivity index (χ2v) is 6.49. The highest BCUT2D eigenvalue weighted by Gasteiger charge is 2.09. The van der Waals surface area contributed by atoms with Gasteiger partial charge in [0, 0.05) is 5.56 Å². The Morgan fingerprint density at radius 1 is 0.478 bits per heavy atom. The lowest BCUT2D eigenvalue weighted by Crippen LogP contribution is -1.98. The molecule has 0 radical (unpaired) electrons. The van der Waals surface area contributed by atoms with Crippen molar-refractivity contribution >= 4 is 0 Å². The maximum Gasteiger partial charge on any atom is 0.132 e. The van der Waals surface area contributed by atoms with Gasteiger partial charge in [-0.15, -0.1) is 0 Å². The first-order valence-electron chi connectivity index (χ1n) is 7.96. The first kappa shape index (κ1) is 19.3. The van der Waals surface area contributed by atoms with E-state index >= 15 is 0 Å². The van der Waals surface area contributed by atoms with Crippen molar-refractivity contribution in [2.24, 2.45) is 0 Å².